The van der Waals surface area contributed by atoms with E-state index in [2.05, 4.69) is 32.9 Å². The number of rotatable bonds is 1. The van der Waals surface area contributed by atoms with Crippen LogP contribution in [0.4, 0.5) is 0 Å². The van der Waals surface area contributed by atoms with E-state index in [0.717, 1.165) is 12.2 Å². The van der Waals surface area contributed by atoms with Crippen molar-refractivity contribution in [3.8, 4) is 0 Å². The van der Waals surface area contributed by atoms with Crippen molar-refractivity contribution in [2.75, 3.05) is 0 Å². The Hall–Kier alpha value is -0.980. The Labute approximate surface area is 74.4 Å². The van der Waals surface area contributed by atoms with Crippen LogP contribution >= 0.6 is 0 Å². The van der Waals surface area contributed by atoms with Crippen LogP contribution in [0.15, 0.2) is 36.1 Å². The zero-order chi connectivity index (χ0) is 9.03. The SMILES string of the molecule is CC(C)(C)OC1=CC=CCC=C1. The first-order chi connectivity index (χ1) is 5.58. The van der Waals surface area contributed by atoms with Crippen LogP contribution in [0.5, 0.6) is 0 Å². The molecule has 0 unspecified atom stereocenters. The molecule has 0 heterocycles. The molecule has 0 radical (unpaired) electrons. The highest BCUT2D eigenvalue weighted by molar-refractivity contribution is 5.22. The van der Waals surface area contributed by atoms with E-state index in [9.17, 15) is 0 Å². The van der Waals surface area contributed by atoms with Gasteiger partial charge in [-0.25, -0.2) is 0 Å². The summed E-state index contributed by atoms with van der Waals surface area (Å²) in [4.78, 5) is 0. The predicted octanol–water partition coefficient (Wildman–Crippen LogP) is 3.20. The Morgan fingerprint density at radius 1 is 1.25 bits per heavy atom. The molecule has 1 rings (SSSR count). The fourth-order valence-electron chi connectivity index (χ4n) is 0.981. The van der Waals surface area contributed by atoms with Gasteiger partial charge in [-0.15, -0.1) is 0 Å². The molecular weight excluding hydrogens is 148 g/mol. The van der Waals surface area contributed by atoms with Gasteiger partial charge in [0.05, 0.1) is 0 Å². The second-order valence-electron chi connectivity index (χ2n) is 3.85. The van der Waals surface area contributed by atoms with E-state index < -0.39 is 0 Å². The summed E-state index contributed by atoms with van der Waals surface area (Å²) in [6.07, 6.45) is 11.2. The lowest BCUT2D eigenvalue weighted by Crippen LogP contribution is -2.17. The zero-order valence-electron chi connectivity index (χ0n) is 8.00. The molecule has 0 aromatic rings. The summed E-state index contributed by atoms with van der Waals surface area (Å²) in [7, 11) is 0. The monoisotopic (exact) mass is 164 g/mol. The lowest BCUT2D eigenvalue weighted by atomic mass is 10.2. The van der Waals surface area contributed by atoms with Crippen molar-refractivity contribution in [1.82, 2.24) is 0 Å². The summed E-state index contributed by atoms with van der Waals surface area (Å²) in [6, 6.07) is 0. The zero-order valence-corrected chi connectivity index (χ0v) is 8.00. The summed E-state index contributed by atoms with van der Waals surface area (Å²) in [5.74, 6) is 0.941. The van der Waals surface area contributed by atoms with Crippen molar-refractivity contribution in [2.24, 2.45) is 0 Å². The van der Waals surface area contributed by atoms with Gasteiger partial charge in [0.25, 0.3) is 0 Å². The van der Waals surface area contributed by atoms with Gasteiger partial charge in [0.1, 0.15) is 11.4 Å². The third-order valence-corrected chi connectivity index (χ3v) is 1.37. The fourth-order valence-corrected chi connectivity index (χ4v) is 0.981. The van der Waals surface area contributed by atoms with E-state index >= 15 is 0 Å². The highest BCUT2D eigenvalue weighted by Crippen LogP contribution is 2.16. The minimum Gasteiger partial charge on any atom is -0.488 e. The van der Waals surface area contributed by atoms with E-state index in [1.54, 1.807) is 0 Å². The molecule has 0 N–H and O–H groups in total. The van der Waals surface area contributed by atoms with Crippen LogP contribution in [0, 0.1) is 0 Å². The molecule has 0 aliphatic heterocycles. The Morgan fingerprint density at radius 3 is 2.67 bits per heavy atom. The normalized spacial score (nSPS) is 17.1. The fraction of sp³-hybridized carbons (Fsp3) is 0.455. The first-order valence-electron chi connectivity index (χ1n) is 4.30. The van der Waals surface area contributed by atoms with Crippen LogP contribution in [0.1, 0.15) is 27.2 Å². The van der Waals surface area contributed by atoms with Crippen molar-refractivity contribution >= 4 is 0 Å². The molecule has 66 valence electrons. The Balaban J connectivity index is 2.62. The third kappa shape index (κ3) is 3.42. The molecule has 1 nitrogen and oxygen atoms in total. The summed E-state index contributed by atoms with van der Waals surface area (Å²) in [5.41, 5.74) is -0.103. The Morgan fingerprint density at radius 2 is 2.00 bits per heavy atom. The van der Waals surface area contributed by atoms with Crippen LogP contribution in [0.2, 0.25) is 0 Å². The maximum atomic E-state index is 5.68. The molecule has 0 atom stereocenters. The minimum absolute atomic E-state index is 0.103. The number of ether oxygens (including phenoxy) is 1. The smallest absolute Gasteiger partial charge is 0.119 e. The van der Waals surface area contributed by atoms with Crippen LogP contribution in [-0.4, -0.2) is 5.60 Å². The molecule has 0 saturated carbocycles. The van der Waals surface area contributed by atoms with Gasteiger partial charge in [0.2, 0.25) is 0 Å². The molecule has 0 aromatic heterocycles. The largest absolute Gasteiger partial charge is 0.488 e. The minimum atomic E-state index is -0.103. The van der Waals surface area contributed by atoms with Crippen LogP contribution in [0.25, 0.3) is 0 Å². The Kier molecular flexibility index (Phi) is 2.74. The van der Waals surface area contributed by atoms with Crippen LogP contribution in [0.3, 0.4) is 0 Å². The Bertz CT molecular complexity index is 226. The van der Waals surface area contributed by atoms with E-state index in [1.165, 1.54) is 0 Å². The van der Waals surface area contributed by atoms with Gasteiger partial charge in [-0.2, -0.15) is 0 Å². The quantitative estimate of drug-likeness (QED) is 0.578. The van der Waals surface area contributed by atoms with Crippen molar-refractivity contribution in [2.45, 2.75) is 32.8 Å². The third-order valence-electron chi connectivity index (χ3n) is 1.37. The number of hydrogen-bond donors (Lipinski definition) is 0. The molecule has 0 bridgehead atoms. The summed E-state index contributed by atoms with van der Waals surface area (Å²) < 4.78 is 5.68. The first kappa shape index (κ1) is 9.11. The van der Waals surface area contributed by atoms with Gasteiger partial charge in [-0.05, 0) is 39.3 Å². The lowest BCUT2D eigenvalue weighted by Gasteiger charge is -2.21. The van der Waals surface area contributed by atoms with Gasteiger partial charge in [0, 0.05) is 0 Å². The summed E-state index contributed by atoms with van der Waals surface area (Å²) in [5, 5.41) is 0. The number of allylic oxidation sites excluding steroid dienone is 5. The molecule has 1 aliphatic rings. The highest BCUT2D eigenvalue weighted by atomic mass is 16.5. The number of hydrogen-bond acceptors (Lipinski definition) is 1. The average molecular weight is 164 g/mol. The van der Waals surface area contributed by atoms with E-state index in [4.69, 9.17) is 4.74 Å². The van der Waals surface area contributed by atoms with Gasteiger partial charge in [0.15, 0.2) is 0 Å². The highest BCUT2D eigenvalue weighted by Gasteiger charge is 2.11. The summed E-state index contributed by atoms with van der Waals surface area (Å²) in [6.45, 7) is 6.16. The second-order valence-corrected chi connectivity index (χ2v) is 3.85. The maximum absolute atomic E-state index is 5.68. The average Bonchev–Trinajstić information content (AvgIpc) is 2.12. The van der Waals surface area contributed by atoms with Crippen molar-refractivity contribution in [3.05, 3.63) is 36.1 Å². The van der Waals surface area contributed by atoms with Crippen molar-refractivity contribution in [3.63, 3.8) is 0 Å². The predicted molar refractivity (Wildman–Crippen MR) is 51.8 cm³/mol. The van der Waals surface area contributed by atoms with Crippen LogP contribution < -0.4 is 0 Å². The maximum Gasteiger partial charge on any atom is 0.119 e. The summed E-state index contributed by atoms with van der Waals surface area (Å²) >= 11 is 0. The molecule has 12 heavy (non-hydrogen) atoms. The molecular formula is C11H16O. The molecule has 0 fully saturated rings. The van der Waals surface area contributed by atoms with E-state index in [1.807, 2.05) is 18.2 Å². The standard InChI is InChI=1S/C11H16O/c1-11(2,3)12-10-8-6-4-5-7-9-10/h4,6-9H,5H2,1-3H3. The molecule has 0 spiro atoms. The van der Waals surface area contributed by atoms with Gasteiger partial charge in [-0.3, -0.25) is 0 Å². The van der Waals surface area contributed by atoms with E-state index in [0.29, 0.717) is 0 Å². The van der Waals surface area contributed by atoms with Crippen molar-refractivity contribution < 1.29 is 4.74 Å². The lowest BCUT2D eigenvalue weighted by molar-refractivity contribution is 0.0600. The molecule has 1 heteroatoms. The van der Waals surface area contributed by atoms with Gasteiger partial charge < -0.3 is 4.74 Å². The van der Waals surface area contributed by atoms with Crippen LogP contribution in [-0.2, 0) is 4.74 Å². The van der Waals surface area contributed by atoms with Gasteiger partial charge >= 0.3 is 0 Å². The van der Waals surface area contributed by atoms with Crippen molar-refractivity contribution in [1.29, 1.82) is 0 Å². The van der Waals surface area contributed by atoms with E-state index in [-0.39, 0.29) is 5.60 Å². The first-order valence-corrected chi connectivity index (χ1v) is 4.30. The second kappa shape index (κ2) is 3.61. The van der Waals surface area contributed by atoms with Gasteiger partial charge in [-0.1, -0.05) is 18.2 Å². The molecule has 0 amide bonds. The topological polar surface area (TPSA) is 9.23 Å². The molecule has 1 aliphatic carbocycles. The molecule has 0 saturated heterocycles. The molecule has 0 aromatic carbocycles.